The van der Waals surface area contributed by atoms with Gasteiger partial charge in [0.2, 0.25) is 0 Å². The number of benzene rings is 1. The summed E-state index contributed by atoms with van der Waals surface area (Å²) in [6.07, 6.45) is 0. The Hall–Kier alpha value is -2.21. The van der Waals surface area contributed by atoms with Crippen molar-refractivity contribution >= 4 is 23.0 Å². The lowest BCUT2D eigenvalue weighted by Gasteiger charge is -1.94. The second-order valence-electron chi connectivity index (χ2n) is 2.87. The van der Waals surface area contributed by atoms with E-state index in [1.54, 1.807) is 11.3 Å². The van der Waals surface area contributed by atoms with Crippen LogP contribution >= 0.6 is 11.3 Å². The van der Waals surface area contributed by atoms with Gasteiger partial charge in [0, 0.05) is 6.07 Å². The summed E-state index contributed by atoms with van der Waals surface area (Å²) in [6, 6.07) is 9.25. The zero-order valence-corrected chi connectivity index (χ0v) is 9.46. The summed E-state index contributed by atoms with van der Waals surface area (Å²) < 4.78 is 0. The summed E-state index contributed by atoms with van der Waals surface area (Å²) in [5.74, 6) is -1.29. The van der Waals surface area contributed by atoms with Crippen molar-refractivity contribution in [3.8, 4) is 0 Å². The number of aromatic carboxylic acids is 1. The van der Waals surface area contributed by atoms with Crippen LogP contribution < -0.4 is 0 Å². The Morgan fingerprint density at radius 1 is 1.18 bits per heavy atom. The number of hydrogen-bond acceptors (Lipinski definition) is 4. The SMILES string of the molecule is O=C(O)c1ccccc1[N+](=O)[O-].c1ccsc1. The molecule has 17 heavy (non-hydrogen) atoms. The standard InChI is InChI=1S/C7H5NO4.C4H4S/c9-7(10)5-3-1-2-4-6(5)8(11)12;1-2-4-5-3-1/h1-4H,(H,9,10);1-4H. The first kappa shape index (κ1) is 12.9. The lowest BCUT2D eigenvalue weighted by molar-refractivity contribution is -0.385. The molecule has 0 aliphatic carbocycles. The number of thiophene rings is 1. The first-order valence-corrected chi connectivity index (χ1v) is 5.51. The fourth-order valence-electron chi connectivity index (χ4n) is 1.04. The Labute approximate surface area is 101 Å². The first-order valence-electron chi connectivity index (χ1n) is 4.57. The smallest absolute Gasteiger partial charge is 0.342 e. The summed E-state index contributed by atoms with van der Waals surface area (Å²) in [5.41, 5.74) is -0.674. The largest absolute Gasteiger partial charge is 0.477 e. The molecule has 0 saturated heterocycles. The molecule has 0 spiro atoms. The molecule has 0 saturated carbocycles. The van der Waals surface area contributed by atoms with Gasteiger partial charge in [0.05, 0.1) is 4.92 Å². The predicted octanol–water partition coefficient (Wildman–Crippen LogP) is 3.04. The van der Waals surface area contributed by atoms with Gasteiger partial charge in [-0.25, -0.2) is 4.79 Å². The van der Waals surface area contributed by atoms with Crippen LogP contribution in [0.1, 0.15) is 10.4 Å². The summed E-state index contributed by atoms with van der Waals surface area (Å²) in [7, 11) is 0. The Morgan fingerprint density at radius 2 is 1.76 bits per heavy atom. The molecular formula is C11H9NO4S. The van der Waals surface area contributed by atoms with Gasteiger partial charge in [-0.1, -0.05) is 24.3 Å². The number of carboxylic acids is 1. The van der Waals surface area contributed by atoms with E-state index in [-0.39, 0.29) is 11.3 Å². The number of carboxylic acid groups (broad SMARTS) is 1. The molecule has 5 nitrogen and oxygen atoms in total. The molecule has 0 amide bonds. The van der Waals surface area contributed by atoms with Crippen molar-refractivity contribution in [2.45, 2.75) is 0 Å². The normalized spacial score (nSPS) is 8.94. The Bertz CT molecular complexity index is 446. The van der Waals surface area contributed by atoms with Gasteiger partial charge in [0.25, 0.3) is 5.69 Å². The number of para-hydroxylation sites is 1. The molecule has 0 radical (unpaired) electrons. The highest BCUT2D eigenvalue weighted by Gasteiger charge is 2.17. The summed E-state index contributed by atoms with van der Waals surface area (Å²) in [6.45, 7) is 0. The molecule has 6 heteroatoms. The van der Waals surface area contributed by atoms with Crippen molar-refractivity contribution in [1.82, 2.24) is 0 Å². The number of nitrogens with zero attached hydrogens (tertiary/aromatic N) is 1. The molecule has 0 fully saturated rings. The van der Waals surface area contributed by atoms with Crippen LogP contribution in [-0.4, -0.2) is 16.0 Å². The minimum absolute atomic E-state index is 0.289. The third-order valence-corrected chi connectivity index (χ3v) is 2.39. The average molecular weight is 251 g/mol. The molecule has 1 aromatic carbocycles. The third kappa shape index (κ3) is 4.04. The molecular weight excluding hydrogens is 242 g/mol. The van der Waals surface area contributed by atoms with E-state index < -0.39 is 10.9 Å². The zero-order chi connectivity index (χ0) is 12.7. The van der Waals surface area contributed by atoms with Crippen LogP contribution in [-0.2, 0) is 0 Å². The minimum Gasteiger partial charge on any atom is -0.477 e. The third-order valence-electron chi connectivity index (χ3n) is 1.76. The Morgan fingerprint density at radius 3 is 2.12 bits per heavy atom. The molecule has 88 valence electrons. The van der Waals surface area contributed by atoms with E-state index in [1.165, 1.54) is 18.2 Å². The van der Waals surface area contributed by atoms with Gasteiger partial charge < -0.3 is 5.11 Å². The van der Waals surface area contributed by atoms with Crippen molar-refractivity contribution in [1.29, 1.82) is 0 Å². The number of hydrogen-bond donors (Lipinski definition) is 1. The van der Waals surface area contributed by atoms with E-state index in [4.69, 9.17) is 5.11 Å². The number of rotatable bonds is 2. The molecule has 0 aliphatic heterocycles. The first-order chi connectivity index (χ1) is 8.13. The lowest BCUT2D eigenvalue weighted by Crippen LogP contribution is -2.01. The zero-order valence-electron chi connectivity index (χ0n) is 8.65. The quantitative estimate of drug-likeness (QED) is 0.657. The van der Waals surface area contributed by atoms with Crippen molar-refractivity contribution in [2.75, 3.05) is 0 Å². The number of nitro groups is 1. The monoisotopic (exact) mass is 251 g/mol. The van der Waals surface area contributed by atoms with Crippen molar-refractivity contribution < 1.29 is 14.8 Å². The fraction of sp³-hybridized carbons (Fsp3) is 0. The van der Waals surface area contributed by atoms with Crippen molar-refractivity contribution in [3.05, 3.63) is 62.8 Å². The molecule has 1 aromatic heterocycles. The van der Waals surface area contributed by atoms with E-state index in [0.717, 1.165) is 6.07 Å². The van der Waals surface area contributed by atoms with Gasteiger partial charge in [0.15, 0.2) is 0 Å². The van der Waals surface area contributed by atoms with E-state index >= 15 is 0 Å². The second kappa shape index (κ2) is 6.39. The van der Waals surface area contributed by atoms with Crippen LogP contribution in [0.25, 0.3) is 0 Å². The highest BCUT2D eigenvalue weighted by Crippen LogP contribution is 2.16. The summed E-state index contributed by atoms with van der Waals surface area (Å²) in [4.78, 5) is 20.0. The highest BCUT2D eigenvalue weighted by atomic mass is 32.1. The minimum atomic E-state index is -1.29. The Kier molecular flexibility index (Phi) is 4.83. The highest BCUT2D eigenvalue weighted by molar-refractivity contribution is 7.07. The lowest BCUT2D eigenvalue weighted by atomic mass is 10.2. The molecule has 1 N–H and O–H groups in total. The van der Waals surface area contributed by atoms with Crippen LogP contribution in [0.15, 0.2) is 47.2 Å². The molecule has 2 rings (SSSR count). The number of carbonyl (C=O) groups is 1. The van der Waals surface area contributed by atoms with Crippen LogP contribution in [0.3, 0.4) is 0 Å². The van der Waals surface area contributed by atoms with E-state index in [2.05, 4.69) is 0 Å². The maximum atomic E-state index is 10.4. The molecule has 1 heterocycles. The van der Waals surface area contributed by atoms with Gasteiger partial charge in [-0.15, -0.1) is 0 Å². The molecule has 0 bridgehead atoms. The molecule has 0 aliphatic rings. The number of nitro benzene ring substituents is 1. The molecule has 0 unspecified atom stereocenters. The van der Waals surface area contributed by atoms with Crippen molar-refractivity contribution in [3.63, 3.8) is 0 Å². The summed E-state index contributed by atoms with van der Waals surface area (Å²) >= 11 is 1.71. The maximum absolute atomic E-state index is 10.4. The van der Waals surface area contributed by atoms with E-state index in [9.17, 15) is 14.9 Å². The predicted molar refractivity (Wildman–Crippen MR) is 64.4 cm³/mol. The van der Waals surface area contributed by atoms with Crippen LogP contribution in [0.5, 0.6) is 0 Å². The van der Waals surface area contributed by atoms with Gasteiger partial charge in [-0.2, -0.15) is 11.3 Å². The maximum Gasteiger partial charge on any atom is 0.342 e. The van der Waals surface area contributed by atoms with Crippen molar-refractivity contribution in [2.24, 2.45) is 0 Å². The van der Waals surface area contributed by atoms with Gasteiger partial charge >= 0.3 is 5.97 Å². The van der Waals surface area contributed by atoms with Gasteiger partial charge in [-0.05, 0) is 16.8 Å². The van der Waals surface area contributed by atoms with Gasteiger partial charge in [-0.3, -0.25) is 10.1 Å². The average Bonchev–Trinajstić information content (AvgIpc) is 2.87. The summed E-state index contributed by atoms with van der Waals surface area (Å²) in [5, 5.41) is 22.9. The Balaban J connectivity index is 0.000000239. The van der Waals surface area contributed by atoms with Crippen LogP contribution in [0.2, 0.25) is 0 Å². The van der Waals surface area contributed by atoms with E-state index in [1.807, 2.05) is 22.9 Å². The fourth-order valence-corrected chi connectivity index (χ4v) is 1.49. The van der Waals surface area contributed by atoms with Crippen LogP contribution in [0, 0.1) is 10.1 Å². The molecule has 2 aromatic rings. The topological polar surface area (TPSA) is 80.4 Å². The molecule has 0 atom stereocenters. The van der Waals surface area contributed by atoms with Gasteiger partial charge in [0.1, 0.15) is 5.56 Å². The van der Waals surface area contributed by atoms with Crippen LogP contribution in [0.4, 0.5) is 5.69 Å². The van der Waals surface area contributed by atoms with E-state index in [0.29, 0.717) is 0 Å². The second-order valence-corrected chi connectivity index (χ2v) is 3.69.